The van der Waals surface area contributed by atoms with Crippen LogP contribution in [0.4, 0.5) is 0 Å². The number of H-pyrrole nitrogens is 2. The van der Waals surface area contributed by atoms with Crippen molar-refractivity contribution >= 4 is 12.2 Å². The van der Waals surface area contributed by atoms with Gasteiger partial charge in [-0.2, -0.15) is 0 Å². The Kier molecular flexibility index (Phi) is 2.24. The molecule has 0 unspecified atom stereocenters. The number of rotatable bonds is 2. The van der Waals surface area contributed by atoms with Crippen molar-refractivity contribution in [3.8, 4) is 0 Å². The Morgan fingerprint density at radius 1 is 1.40 bits per heavy atom. The summed E-state index contributed by atoms with van der Waals surface area (Å²) in [6.45, 7) is 2.03. The molecule has 0 aromatic carbocycles. The average molecular weight is 158 g/mol. The Balaban J connectivity index is 3.08. The second-order valence-corrected chi connectivity index (χ2v) is 2.46. The first-order valence-corrected chi connectivity index (χ1v) is 3.59. The van der Waals surface area contributed by atoms with Crippen LogP contribution in [0.3, 0.4) is 0 Å². The lowest BCUT2D eigenvalue weighted by Crippen LogP contribution is -1.89. The molecule has 0 saturated carbocycles. The van der Waals surface area contributed by atoms with Crippen molar-refractivity contribution in [1.29, 1.82) is 0 Å². The highest BCUT2D eigenvalue weighted by molar-refractivity contribution is 7.71. The van der Waals surface area contributed by atoms with Crippen LogP contribution in [-0.2, 0) is 13.0 Å². The lowest BCUT2D eigenvalue weighted by molar-refractivity contribution is 0.276. The lowest BCUT2D eigenvalue weighted by atomic mass is 10.3. The molecule has 1 heterocycles. The van der Waals surface area contributed by atoms with E-state index in [1.807, 2.05) is 6.92 Å². The SMILES string of the molecule is CCc1[nH]c(=S)[nH]c1CO. The molecule has 0 bridgehead atoms. The molecule has 1 aromatic heterocycles. The Labute approximate surface area is 64.1 Å². The first kappa shape index (κ1) is 7.50. The zero-order valence-corrected chi connectivity index (χ0v) is 6.59. The lowest BCUT2D eigenvalue weighted by Gasteiger charge is -1.92. The number of aliphatic hydroxyl groups is 1. The van der Waals surface area contributed by atoms with E-state index in [2.05, 4.69) is 9.97 Å². The summed E-state index contributed by atoms with van der Waals surface area (Å²) in [5.74, 6) is 0. The fourth-order valence-electron chi connectivity index (χ4n) is 0.893. The van der Waals surface area contributed by atoms with Crippen LogP contribution in [0.25, 0.3) is 0 Å². The summed E-state index contributed by atoms with van der Waals surface area (Å²) in [5.41, 5.74) is 1.79. The van der Waals surface area contributed by atoms with Crippen molar-refractivity contribution in [3.05, 3.63) is 16.2 Å². The molecule has 1 aromatic rings. The van der Waals surface area contributed by atoms with Gasteiger partial charge in [0.05, 0.1) is 12.3 Å². The van der Waals surface area contributed by atoms with E-state index in [0.717, 1.165) is 17.8 Å². The fourth-order valence-corrected chi connectivity index (χ4v) is 1.14. The first-order valence-electron chi connectivity index (χ1n) is 3.18. The number of aryl methyl sites for hydroxylation is 1. The van der Waals surface area contributed by atoms with Crippen molar-refractivity contribution in [2.75, 3.05) is 0 Å². The normalized spacial score (nSPS) is 10.2. The van der Waals surface area contributed by atoms with Gasteiger partial charge in [-0.25, -0.2) is 0 Å². The van der Waals surface area contributed by atoms with Crippen molar-refractivity contribution in [2.45, 2.75) is 20.0 Å². The van der Waals surface area contributed by atoms with Gasteiger partial charge < -0.3 is 15.1 Å². The molecule has 0 radical (unpaired) electrons. The third-order valence-corrected chi connectivity index (χ3v) is 1.61. The summed E-state index contributed by atoms with van der Waals surface area (Å²) in [4.78, 5) is 5.80. The van der Waals surface area contributed by atoms with Gasteiger partial charge in [-0.3, -0.25) is 0 Å². The molecule has 0 atom stereocenters. The van der Waals surface area contributed by atoms with Gasteiger partial charge in [0.25, 0.3) is 0 Å². The van der Waals surface area contributed by atoms with E-state index in [1.165, 1.54) is 0 Å². The van der Waals surface area contributed by atoms with E-state index < -0.39 is 0 Å². The van der Waals surface area contributed by atoms with Gasteiger partial charge in [-0.15, -0.1) is 0 Å². The van der Waals surface area contributed by atoms with Crippen LogP contribution in [-0.4, -0.2) is 15.1 Å². The number of aromatic amines is 2. The smallest absolute Gasteiger partial charge is 0.174 e. The van der Waals surface area contributed by atoms with Gasteiger partial charge in [0, 0.05) is 5.69 Å². The highest BCUT2D eigenvalue weighted by Gasteiger charge is 1.99. The number of nitrogens with one attached hydrogen (secondary N) is 2. The summed E-state index contributed by atoms with van der Waals surface area (Å²) in [6, 6.07) is 0. The number of hydrogen-bond donors (Lipinski definition) is 3. The molecule has 3 nitrogen and oxygen atoms in total. The quantitative estimate of drug-likeness (QED) is 0.565. The topological polar surface area (TPSA) is 51.8 Å². The van der Waals surface area contributed by atoms with E-state index in [-0.39, 0.29) is 6.61 Å². The first-order chi connectivity index (χ1) is 4.77. The summed E-state index contributed by atoms with van der Waals surface area (Å²) >= 11 is 4.83. The fraction of sp³-hybridized carbons (Fsp3) is 0.500. The van der Waals surface area contributed by atoms with Gasteiger partial charge >= 0.3 is 0 Å². The third kappa shape index (κ3) is 1.27. The molecule has 10 heavy (non-hydrogen) atoms. The number of aliphatic hydroxyl groups excluding tert-OH is 1. The molecule has 3 N–H and O–H groups in total. The standard InChI is InChI=1S/C6H10N2OS/c1-2-4-5(3-9)8-6(10)7-4/h9H,2-3H2,1H3,(H2,7,8,10). The maximum Gasteiger partial charge on any atom is 0.174 e. The Morgan fingerprint density at radius 3 is 2.40 bits per heavy atom. The van der Waals surface area contributed by atoms with Gasteiger partial charge in [0.1, 0.15) is 0 Å². The molecular formula is C6H10N2OS. The zero-order valence-electron chi connectivity index (χ0n) is 5.77. The molecule has 0 aliphatic rings. The summed E-state index contributed by atoms with van der Waals surface area (Å²) in [7, 11) is 0. The van der Waals surface area contributed by atoms with Crippen molar-refractivity contribution < 1.29 is 5.11 Å². The van der Waals surface area contributed by atoms with E-state index in [0.29, 0.717) is 4.77 Å². The van der Waals surface area contributed by atoms with Crippen LogP contribution in [0.2, 0.25) is 0 Å². The van der Waals surface area contributed by atoms with Gasteiger partial charge in [-0.1, -0.05) is 6.92 Å². The molecule has 0 aliphatic carbocycles. The third-order valence-electron chi connectivity index (χ3n) is 1.40. The van der Waals surface area contributed by atoms with Crippen LogP contribution in [0, 0.1) is 4.77 Å². The monoisotopic (exact) mass is 158 g/mol. The zero-order chi connectivity index (χ0) is 7.56. The summed E-state index contributed by atoms with van der Waals surface area (Å²) in [6.07, 6.45) is 0.864. The molecule has 1 rings (SSSR count). The summed E-state index contributed by atoms with van der Waals surface area (Å²) < 4.78 is 0.584. The molecule has 0 aliphatic heterocycles. The van der Waals surface area contributed by atoms with Crippen LogP contribution in [0.15, 0.2) is 0 Å². The molecule has 0 amide bonds. The molecule has 0 spiro atoms. The maximum atomic E-state index is 8.77. The minimum absolute atomic E-state index is 0.0241. The number of imidazole rings is 1. The van der Waals surface area contributed by atoms with E-state index in [4.69, 9.17) is 17.3 Å². The van der Waals surface area contributed by atoms with E-state index in [1.54, 1.807) is 0 Å². The number of aromatic nitrogens is 2. The minimum Gasteiger partial charge on any atom is -0.390 e. The summed E-state index contributed by atoms with van der Waals surface area (Å²) in [5, 5.41) is 8.77. The highest BCUT2D eigenvalue weighted by Crippen LogP contribution is 2.03. The van der Waals surface area contributed by atoms with Gasteiger partial charge in [-0.05, 0) is 18.6 Å². The molecule has 0 fully saturated rings. The minimum atomic E-state index is 0.0241. The van der Waals surface area contributed by atoms with Gasteiger partial charge in [0.15, 0.2) is 4.77 Å². The number of hydrogen-bond acceptors (Lipinski definition) is 2. The highest BCUT2D eigenvalue weighted by atomic mass is 32.1. The second-order valence-electron chi connectivity index (χ2n) is 2.05. The van der Waals surface area contributed by atoms with E-state index in [9.17, 15) is 0 Å². The molecular weight excluding hydrogens is 148 g/mol. The maximum absolute atomic E-state index is 8.77. The molecule has 0 saturated heterocycles. The van der Waals surface area contributed by atoms with Crippen LogP contribution in [0.5, 0.6) is 0 Å². The molecule has 4 heteroatoms. The predicted molar refractivity (Wildman–Crippen MR) is 41.3 cm³/mol. The Morgan fingerprint density at radius 2 is 2.00 bits per heavy atom. The van der Waals surface area contributed by atoms with Crippen LogP contribution < -0.4 is 0 Å². The Hall–Kier alpha value is -0.610. The van der Waals surface area contributed by atoms with Crippen molar-refractivity contribution in [2.24, 2.45) is 0 Å². The average Bonchev–Trinajstić information content (AvgIpc) is 2.30. The van der Waals surface area contributed by atoms with Crippen molar-refractivity contribution in [1.82, 2.24) is 9.97 Å². The van der Waals surface area contributed by atoms with Crippen molar-refractivity contribution in [3.63, 3.8) is 0 Å². The second kappa shape index (κ2) is 2.98. The Bertz CT molecular complexity index is 238. The largest absolute Gasteiger partial charge is 0.390 e. The van der Waals surface area contributed by atoms with Crippen LogP contribution >= 0.6 is 12.2 Å². The van der Waals surface area contributed by atoms with Gasteiger partial charge in [0.2, 0.25) is 0 Å². The van der Waals surface area contributed by atoms with E-state index >= 15 is 0 Å². The molecule has 56 valence electrons. The predicted octanol–water partition coefficient (Wildman–Crippen LogP) is 1.13. The van der Waals surface area contributed by atoms with Crippen LogP contribution in [0.1, 0.15) is 18.3 Å².